The van der Waals surface area contributed by atoms with E-state index < -0.39 is 5.97 Å². The molecule has 25 heavy (non-hydrogen) atoms. The van der Waals surface area contributed by atoms with Gasteiger partial charge in [-0.15, -0.1) is 0 Å². The number of carboxylic acids is 1. The van der Waals surface area contributed by atoms with Gasteiger partial charge >= 0.3 is 5.97 Å². The summed E-state index contributed by atoms with van der Waals surface area (Å²) in [5.41, 5.74) is 1.68. The van der Waals surface area contributed by atoms with Crippen LogP contribution in [-0.4, -0.2) is 44.8 Å². The molecule has 0 aliphatic carbocycles. The van der Waals surface area contributed by atoms with E-state index in [1.54, 1.807) is 12.3 Å². The molecule has 3 rings (SSSR count). The largest absolute Gasteiger partial charge is 0.480 e. The van der Waals surface area contributed by atoms with Crippen LogP contribution in [0.2, 0.25) is 5.02 Å². The number of carboxylic acid groups (broad SMARTS) is 1. The van der Waals surface area contributed by atoms with E-state index in [2.05, 4.69) is 5.10 Å². The fourth-order valence-electron chi connectivity index (χ4n) is 3.18. The molecular formula is C18H20ClN3O3. The van der Waals surface area contributed by atoms with Gasteiger partial charge in [0.25, 0.3) is 0 Å². The number of likely N-dealkylation sites (tertiary alicyclic amines) is 1. The van der Waals surface area contributed by atoms with Crippen LogP contribution in [0.3, 0.4) is 0 Å². The van der Waals surface area contributed by atoms with Gasteiger partial charge in [0.2, 0.25) is 5.91 Å². The average molecular weight is 362 g/mol. The van der Waals surface area contributed by atoms with Crippen molar-refractivity contribution in [3.8, 4) is 0 Å². The Morgan fingerprint density at radius 3 is 2.84 bits per heavy atom. The molecule has 6 nitrogen and oxygen atoms in total. The van der Waals surface area contributed by atoms with Crippen LogP contribution in [0.1, 0.15) is 30.0 Å². The number of aliphatic carboxylic acids is 1. The predicted molar refractivity (Wildman–Crippen MR) is 93.6 cm³/mol. The van der Waals surface area contributed by atoms with Gasteiger partial charge in [0.05, 0.1) is 12.1 Å². The Kier molecular flexibility index (Phi) is 5.38. The molecule has 7 heteroatoms. The van der Waals surface area contributed by atoms with Gasteiger partial charge in [-0.3, -0.25) is 14.3 Å². The van der Waals surface area contributed by atoms with E-state index in [0.29, 0.717) is 18.0 Å². The number of piperidine rings is 1. The maximum absolute atomic E-state index is 12.6. The van der Waals surface area contributed by atoms with Gasteiger partial charge < -0.3 is 10.0 Å². The normalized spacial score (nSPS) is 17.5. The number of benzene rings is 1. The maximum Gasteiger partial charge on any atom is 0.325 e. The summed E-state index contributed by atoms with van der Waals surface area (Å²) in [6, 6.07) is 9.23. The van der Waals surface area contributed by atoms with Crippen molar-refractivity contribution < 1.29 is 14.7 Å². The van der Waals surface area contributed by atoms with Crippen molar-refractivity contribution in [2.45, 2.75) is 31.7 Å². The SMILES string of the molecule is O=C(O)Cn1ccc([C@@H]2CCCN(C(=O)Cc3ccccc3Cl)C2)n1. The number of carbonyl (C=O) groups excluding carboxylic acids is 1. The van der Waals surface area contributed by atoms with Crippen molar-refractivity contribution in [1.82, 2.24) is 14.7 Å². The van der Waals surface area contributed by atoms with Gasteiger partial charge in [-0.25, -0.2) is 0 Å². The summed E-state index contributed by atoms with van der Waals surface area (Å²) in [7, 11) is 0. The number of hydrogen-bond acceptors (Lipinski definition) is 3. The summed E-state index contributed by atoms with van der Waals surface area (Å²) in [6.45, 7) is 1.19. The zero-order valence-electron chi connectivity index (χ0n) is 13.8. The second kappa shape index (κ2) is 7.70. The minimum absolute atomic E-state index is 0.0581. The molecule has 1 aliphatic heterocycles. The lowest BCUT2D eigenvalue weighted by Gasteiger charge is -2.32. The lowest BCUT2D eigenvalue weighted by atomic mass is 9.94. The molecule has 1 aromatic heterocycles. The van der Waals surface area contributed by atoms with Gasteiger partial charge in [-0.2, -0.15) is 5.10 Å². The lowest BCUT2D eigenvalue weighted by Crippen LogP contribution is -2.40. The molecular weight excluding hydrogens is 342 g/mol. The van der Waals surface area contributed by atoms with E-state index >= 15 is 0 Å². The summed E-state index contributed by atoms with van der Waals surface area (Å²) in [5.74, 6) is -0.725. The Bertz CT molecular complexity index is 774. The molecule has 132 valence electrons. The number of halogens is 1. The second-order valence-electron chi connectivity index (χ2n) is 6.28. The monoisotopic (exact) mass is 361 g/mol. The molecule has 1 fully saturated rings. The van der Waals surface area contributed by atoms with Crippen LogP contribution in [0.5, 0.6) is 0 Å². The van der Waals surface area contributed by atoms with E-state index in [9.17, 15) is 9.59 Å². The summed E-state index contributed by atoms with van der Waals surface area (Å²) in [5, 5.41) is 13.8. The summed E-state index contributed by atoms with van der Waals surface area (Å²) < 4.78 is 1.42. The first kappa shape index (κ1) is 17.5. The van der Waals surface area contributed by atoms with Crippen molar-refractivity contribution in [2.75, 3.05) is 13.1 Å². The highest BCUT2D eigenvalue weighted by molar-refractivity contribution is 6.31. The molecule has 1 amide bonds. The molecule has 2 aromatic rings. The zero-order chi connectivity index (χ0) is 17.8. The third-order valence-corrected chi connectivity index (χ3v) is 4.82. The molecule has 2 heterocycles. The number of hydrogen-bond donors (Lipinski definition) is 1. The third-order valence-electron chi connectivity index (χ3n) is 4.45. The first-order valence-electron chi connectivity index (χ1n) is 8.29. The third kappa shape index (κ3) is 4.39. The zero-order valence-corrected chi connectivity index (χ0v) is 14.5. The highest BCUT2D eigenvalue weighted by Crippen LogP contribution is 2.26. The molecule has 1 atom stereocenters. The van der Waals surface area contributed by atoms with Crippen LogP contribution in [0.15, 0.2) is 36.5 Å². The Morgan fingerprint density at radius 2 is 2.08 bits per heavy atom. The van der Waals surface area contributed by atoms with Crippen LogP contribution in [0.25, 0.3) is 0 Å². The van der Waals surface area contributed by atoms with Crippen LogP contribution < -0.4 is 0 Å². The molecule has 1 aromatic carbocycles. The van der Waals surface area contributed by atoms with E-state index in [0.717, 1.165) is 30.6 Å². The van der Waals surface area contributed by atoms with Crippen molar-refractivity contribution in [1.29, 1.82) is 0 Å². The minimum Gasteiger partial charge on any atom is -0.480 e. The van der Waals surface area contributed by atoms with Crippen LogP contribution in [0.4, 0.5) is 0 Å². The Balaban J connectivity index is 1.64. The fourth-order valence-corrected chi connectivity index (χ4v) is 3.39. The summed E-state index contributed by atoms with van der Waals surface area (Å²) in [6.07, 6.45) is 3.82. The van der Waals surface area contributed by atoms with E-state index in [1.807, 2.05) is 29.2 Å². The molecule has 0 radical (unpaired) electrons. The van der Waals surface area contributed by atoms with Gasteiger partial charge in [0, 0.05) is 30.2 Å². The van der Waals surface area contributed by atoms with Gasteiger partial charge in [0.1, 0.15) is 6.54 Å². The summed E-state index contributed by atoms with van der Waals surface area (Å²) >= 11 is 6.14. The Morgan fingerprint density at radius 1 is 1.28 bits per heavy atom. The molecule has 1 N–H and O–H groups in total. The minimum atomic E-state index is -0.921. The van der Waals surface area contributed by atoms with Gasteiger partial charge in [-0.1, -0.05) is 29.8 Å². The second-order valence-corrected chi connectivity index (χ2v) is 6.69. The highest BCUT2D eigenvalue weighted by Gasteiger charge is 2.26. The number of nitrogens with zero attached hydrogens (tertiary/aromatic N) is 3. The van der Waals surface area contributed by atoms with Crippen LogP contribution in [0, 0.1) is 0 Å². The quantitative estimate of drug-likeness (QED) is 0.888. The first-order chi connectivity index (χ1) is 12.0. The van der Waals surface area contributed by atoms with Gasteiger partial charge in [0.15, 0.2) is 0 Å². The molecule has 0 unspecified atom stereocenters. The topological polar surface area (TPSA) is 75.4 Å². The molecule has 0 bridgehead atoms. The first-order valence-corrected chi connectivity index (χ1v) is 8.67. The van der Waals surface area contributed by atoms with Crippen LogP contribution >= 0.6 is 11.6 Å². The molecule has 0 saturated carbocycles. The van der Waals surface area contributed by atoms with E-state index in [4.69, 9.17) is 16.7 Å². The molecule has 1 saturated heterocycles. The highest BCUT2D eigenvalue weighted by atomic mass is 35.5. The van der Waals surface area contributed by atoms with Crippen LogP contribution in [-0.2, 0) is 22.6 Å². The number of carbonyl (C=O) groups is 2. The van der Waals surface area contributed by atoms with E-state index in [-0.39, 0.29) is 18.4 Å². The molecule has 0 spiro atoms. The average Bonchev–Trinajstić information content (AvgIpc) is 3.05. The standard InChI is InChI=1S/C18H20ClN3O3/c19-15-6-2-1-4-13(15)10-17(23)21-8-3-5-14(11-21)16-7-9-22(20-16)12-18(24)25/h1-2,4,6-7,9,14H,3,5,8,10-12H2,(H,24,25)/t14-/m1/s1. The van der Waals surface area contributed by atoms with Crippen molar-refractivity contribution >= 4 is 23.5 Å². The van der Waals surface area contributed by atoms with Crippen molar-refractivity contribution in [3.63, 3.8) is 0 Å². The van der Waals surface area contributed by atoms with E-state index in [1.165, 1.54) is 4.68 Å². The summed E-state index contributed by atoms with van der Waals surface area (Å²) in [4.78, 5) is 25.2. The van der Waals surface area contributed by atoms with Crippen molar-refractivity contribution in [3.05, 3.63) is 52.8 Å². The number of aromatic nitrogens is 2. The van der Waals surface area contributed by atoms with Gasteiger partial charge in [-0.05, 0) is 30.5 Å². The number of amides is 1. The number of rotatable bonds is 5. The fraction of sp³-hybridized carbons (Fsp3) is 0.389. The Hall–Kier alpha value is -2.34. The lowest BCUT2D eigenvalue weighted by molar-refractivity contribution is -0.138. The smallest absolute Gasteiger partial charge is 0.325 e. The molecule has 1 aliphatic rings. The van der Waals surface area contributed by atoms with Crippen molar-refractivity contribution in [2.24, 2.45) is 0 Å². The Labute approximate surface area is 151 Å². The maximum atomic E-state index is 12.6. The predicted octanol–water partition coefficient (Wildman–Crippen LogP) is 2.57.